The third-order valence-corrected chi connectivity index (χ3v) is 3.36. The number of hydrogen-bond donors (Lipinski definition) is 2. The number of carboxylic acid groups (broad SMARTS) is 1. The number of carboxylic acids is 1. The van der Waals surface area contributed by atoms with E-state index in [0.29, 0.717) is 11.3 Å². The first-order valence-electron chi connectivity index (χ1n) is 3.94. The molecule has 0 atom stereocenters. The maximum atomic E-state index is 10.9. The molecule has 76 valence electrons. The third-order valence-electron chi connectivity index (χ3n) is 1.67. The molecule has 0 fully saturated rings. The highest BCUT2D eigenvalue weighted by Crippen LogP contribution is 2.31. The number of nitrogens with one attached hydrogen (secondary N) is 1. The van der Waals surface area contributed by atoms with E-state index in [1.165, 1.54) is 0 Å². The van der Waals surface area contributed by atoms with Crippen LogP contribution < -0.4 is 5.32 Å². The number of anilines is 1. The molecule has 14 heavy (non-hydrogen) atoms. The molecule has 0 spiro atoms. The zero-order valence-electron chi connectivity index (χ0n) is 7.90. The van der Waals surface area contributed by atoms with Gasteiger partial charge in [0.05, 0.1) is 5.56 Å². The molecule has 2 N–H and O–H groups in total. The van der Waals surface area contributed by atoms with E-state index in [4.69, 9.17) is 5.11 Å². The molecule has 0 aliphatic carbocycles. The average Bonchev–Trinajstić information content (AvgIpc) is 2.18. The summed E-state index contributed by atoms with van der Waals surface area (Å²) in [5, 5.41) is 11.8. The van der Waals surface area contributed by atoms with Gasteiger partial charge in [-0.15, -0.1) is 0 Å². The Morgan fingerprint density at radius 3 is 2.71 bits per heavy atom. The fourth-order valence-corrected chi connectivity index (χ4v) is 2.44. The van der Waals surface area contributed by atoms with Crippen molar-refractivity contribution < 1.29 is 9.90 Å². The average molecular weight is 229 g/mol. The number of rotatable bonds is 4. The zero-order valence-corrected chi connectivity index (χ0v) is 9.54. The smallest absolute Gasteiger partial charge is 0.337 e. The van der Waals surface area contributed by atoms with Gasteiger partial charge in [-0.3, -0.25) is 0 Å². The lowest BCUT2D eigenvalue weighted by molar-refractivity contribution is 0.0697. The van der Waals surface area contributed by atoms with Crippen molar-refractivity contribution in [1.29, 1.82) is 0 Å². The maximum absolute atomic E-state index is 10.9. The van der Waals surface area contributed by atoms with Crippen LogP contribution in [0.25, 0.3) is 0 Å². The normalized spacial score (nSPS) is 9.86. The highest BCUT2D eigenvalue weighted by molar-refractivity contribution is 8.76. The van der Waals surface area contributed by atoms with Gasteiger partial charge in [0.2, 0.25) is 0 Å². The summed E-state index contributed by atoms with van der Waals surface area (Å²) in [4.78, 5) is 11.8. The summed E-state index contributed by atoms with van der Waals surface area (Å²) in [5.41, 5.74) is 0.953. The summed E-state index contributed by atoms with van der Waals surface area (Å²) >= 11 is 0. The molecule has 0 amide bonds. The molecule has 1 aromatic carbocycles. The van der Waals surface area contributed by atoms with Gasteiger partial charge in [0.15, 0.2) is 0 Å². The third kappa shape index (κ3) is 2.59. The van der Waals surface area contributed by atoms with E-state index in [1.54, 1.807) is 40.8 Å². The topological polar surface area (TPSA) is 49.3 Å². The Morgan fingerprint density at radius 1 is 1.50 bits per heavy atom. The summed E-state index contributed by atoms with van der Waals surface area (Å²) in [7, 11) is 4.85. The van der Waals surface area contributed by atoms with Gasteiger partial charge >= 0.3 is 5.97 Å². The van der Waals surface area contributed by atoms with Crippen molar-refractivity contribution in [3.63, 3.8) is 0 Å². The van der Waals surface area contributed by atoms with Crippen LogP contribution >= 0.6 is 21.6 Å². The zero-order chi connectivity index (χ0) is 10.6. The van der Waals surface area contributed by atoms with Crippen LogP contribution in [0.5, 0.6) is 0 Å². The van der Waals surface area contributed by atoms with Gasteiger partial charge in [-0.05, 0) is 24.5 Å². The molecule has 5 heteroatoms. The Balaban J connectivity index is 3.07. The van der Waals surface area contributed by atoms with Crippen LogP contribution in [0.3, 0.4) is 0 Å². The monoisotopic (exact) mass is 229 g/mol. The summed E-state index contributed by atoms with van der Waals surface area (Å²) in [5.74, 6) is -0.905. The lowest BCUT2D eigenvalue weighted by Gasteiger charge is -2.06. The Labute approximate surface area is 90.7 Å². The molecule has 0 aliphatic heterocycles. The fraction of sp³-hybridized carbons (Fsp3) is 0.222. The van der Waals surface area contributed by atoms with Crippen LogP contribution in [-0.2, 0) is 0 Å². The van der Waals surface area contributed by atoms with Crippen molar-refractivity contribution in [3.05, 3.63) is 23.8 Å². The van der Waals surface area contributed by atoms with E-state index >= 15 is 0 Å². The number of carbonyl (C=O) groups is 1. The molecule has 0 aliphatic rings. The highest BCUT2D eigenvalue weighted by Gasteiger charge is 2.09. The molecule has 0 aromatic heterocycles. The van der Waals surface area contributed by atoms with E-state index in [0.717, 1.165) is 4.90 Å². The van der Waals surface area contributed by atoms with Crippen LogP contribution in [0.1, 0.15) is 10.4 Å². The molecule has 0 radical (unpaired) electrons. The van der Waals surface area contributed by atoms with Gasteiger partial charge < -0.3 is 10.4 Å². The molecule has 0 heterocycles. The second kappa shape index (κ2) is 5.17. The quantitative estimate of drug-likeness (QED) is 0.777. The van der Waals surface area contributed by atoms with E-state index in [9.17, 15) is 4.79 Å². The van der Waals surface area contributed by atoms with Gasteiger partial charge in [-0.2, -0.15) is 0 Å². The van der Waals surface area contributed by atoms with Crippen molar-refractivity contribution in [2.45, 2.75) is 4.90 Å². The van der Waals surface area contributed by atoms with Gasteiger partial charge in [-0.1, -0.05) is 21.6 Å². The van der Waals surface area contributed by atoms with Crippen LogP contribution in [0.2, 0.25) is 0 Å². The number of aromatic carboxylic acids is 1. The second-order valence-electron chi connectivity index (χ2n) is 2.51. The number of hydrogen-bond acceptors (Lipinski definition) is 4. The Morgan fingerprint density at radius 2 is 2.21 bits per heavy atom. The largest absolute Gasteiger partial charge is 0.478 e. The van der Waals surface area contributed by atoms with E-state index in [-0.39, 0.29) is 0 Å². The summed E-state index contributed by atoms with van der Waals surface area (Å²) < 4.78 is 0. The molecular formula is C9H11NO2S2. The minimum Gasteiger partial charge on any atom is -0.478 e. The molecular weight excluding hydrogens is 218 g/mol. The fourth-order valence-electron chi connectivity index (χ4n) is 1.07. The standard InChI is InChI=1S/C9H11NO2S2/c1-10-8-4-3-6(14-13-2)5-7(8)9(11)12/h3-5,10H,1-2H3,(H,11,12). The molecule has 0 bridgehead atoms. The van der Waals surface area contributed by atoms with Crippen molar-refractivity contribution >= 4 is 33.2 Å². The predicted octanol–water partition coefficient (Wildman–Crippen LogP) is 2.80. The van der Waals surface area contributed by atoms with E-state index in [1.807, 2.05) is 12.3 Å². The molecule has 3 nitrogen and oxygen atoms in total. The van der Waals surface area contributed by atoms with Crippen molar-refractivity contribution in [1.82, 2.24) is 0 Å². The maximum Gasteiger partial charge on any atom is 0.337 e. The Bertz CT molecular complexity index is 342. The Kier molecular flexibility index (Phi) is 4.16. The van der Waals surface area contributed by atoms with E-state index < -0.39 is 5.97 Å². The number of benzene rings is 1. The minimum absolute atomic E-state index is 0.312. The van der Waals surface area contributed by atoms with Crippen molar-refractivity contribution in [2.24, 2.45) is 0 Å². The molecule has 1 aromatic rings. The van der Waals surface area contributed by atoms with Crippen LogP contribution in [-0.4, -0.2) is 24.4 Å². The van der Waals surface area contributed by atoms with Gasteiger partial charge in [0.1, 0.15) is 0 Å². The second-order valence-corrected chi connectivity index (χ2v) is 4.98. The minimum atomic E-state index is -0.905. The lowest BCUT2D eigenvalue weighted by Crippen LogP contribution is -2.02. The van der Waals surface area contributed by atoms with Crippen molar-refractivity contribution in [2.75, 3.05) is 18.6 Å². The van der Waals surface area contributed by atoms with Crippen LogP contribution in [0, 0.1) is 0 Å². The van der Waals surface area contributed by atoms with Gasteiger partial charge in [0, 0.05) is 17.6 Å². The van der Waals surface area contributed by atoms with Crippen molar-refractivity contribution in [3.8, 4) is 0 Å². The van der Waals surface area contributed by atoms with E-state index in [2.05, 4.69) is 5.32 Å². The molecule has 1 rings (SSSR count). The lowest BCUT2D eigenvalue weighted by atomic mass is 10.2. The van der Waals surface area contributed by atoms with Gasteiger partial charge in [-0.25, -0.2) is 4.79 Å². The summed E-state index contributed by atoms with van der Waals surface area (Å²) in [6, 6.07) is 5.36. The molecule has 0 unspecified atom stereocenters. The first kappa shape index (κ1) is 11.3. The Hall–Kier alpha value is -0.810. The first-order valence-corrected chi connectivity index (χ1v) is 6.50. The SMILES string of the molecule is CNc1ccc(SSC)cc1C(=O)O. The predicted molar refractivity (Wildman–Crippen MR) is 62.3 cm³/mol. The van der Waals surface area contributed by atoms with Crippen LogP contribution in [0.15, 0.2) is 23.1 Å². The highest BCUT2D eigenvalue weighted by atomic mass is 33.1. The first-order chi connectivity index (χ1) is 6.69. The van der Waals surface area contributed by atoms with Gasteiger partial charge in [0.25, 0.3) is 0 Å². The molecule has 0 saturated carbocycles. The van der Waals surface area contributed by atoms with Crippen LogP contribution in [0.4, 0.5) is 5.69 Å². The summed E-state index contributed by atoms with van der Waals surface area (Å²) in [6.45, 7) is 0. The summed E-state index contributed by atoms with van der Waals surface area (Å²) in [6.07, 6.45) is 1.96. The molecule has 0 saturated heterocycles.